The Labute approximate surface area is 296 Å². The number of amides is 2. The zero-order valence-corrected chi connectivity index (χ0v) is 30.4. The fourth-order valence-electron chi connectivity index (χ4n) is 6.87. The number of hydrogen-bond donors (Lipinski definition) is 3. The molecule has 2 aromatic rings. The molecule has 270 valence electrons. The van der Waals surface area contributed by atoms with Gasteiger partial charge in [0.25, 0.3) is 0 Å². The molecule has 0 radical (unpaired) electrons. The Morgan fingerprint density at radius 2 is 1.56 bits per heavy atom. The lowest BCUT2D eigenvalue weighted by Gasteiger charge is -2.27. The van der Waals surface area contributed by atoms with Gasteiger partial charge in [-0.1, -0.05) is 74.9 Å². The predicted molar refractivity (Wildman–Crippen MR) is 196 cm³/mol. The molecule has 0 bridgehead atoms. The van der Waals surface area contributed by atoms with Crippen LogP contribution < -0.4 is 21.4 Å². The third-order valence-corrected chi connectivity index (χ3v) is 10.2. The normalized spacial score (nSPS) is 17.2. The van der Waals surface area contributed by atoms with Crippen LogP contribution in [0.2, 0.25) is 0 Å². The van der Waals surface area contributed by atoms with E-state index in [0.29, 0.717) is 26.1 Å². The van der Waals surface area contributed by atoms with Crippen molar-refractivity contribution in [1.82, 2.24) is 10.6 Å². The quantitative estimate of drug-likeness (QED) is 0.0674. The Bertz CT molecular complexity index is 1760. The van der Waals surface area contributed by atoms with E-state index in [1.165, 1.54) is 16.9 Å². The molecule has 0 saturated carbocycles. The third-order valence-electron chi connectivity index (χ3n) is 9.37. The van der Waals surface area contributed by atoms with Crippen molar-refractivity contribution >= 4 is 39.0 Å². The molecule has 2 aliphatic heterocycles. The highest BCUT2D eigenvalue weighted by molar-refractivity contribution is 7.85. The number of nitrogens with two attached hydrogens (primary N) is 1. The van der Waals surface area contributed by atoms with E-state index in [-0.39, 0.29) is 35.7 Å². The van der Waals surface area contributed by atoms with Crippen LogP contribution in [0.15, 0.2) is 84.6 Å². The van der Waals surface area contributed by atoms with Gasteiger partial charge in [-0.05, 0) is 44.4 Å². The van der Waals surface area contributed by atoms with Gasteiger partial charge in [-0.3, -0.25) is 14.4 Å². The summed E-state index contributed by atoms with van der Waals surface area (Å²) in [5.74, 6) is 4.12. The monoisotopic (exact) mass is 705 g/mol. The summed E-state index contributed by atoms with van der Waals surface area (Å²) in [6.07, 6.45) is 13.6. The van der Waals surface area contributed by atoms with Crippen LogP contribution >= 0.6 is 0 Å². The summed E-state index contributed by atoms with van der Waals surface area (Å²) in [5.41, 5.74) is 6.43. The fraction of sp³-hybridized carbons (Fsp3) is 0.447. The zero-order valence-electron chi connectivity index (χ0n) is 29.6. The van der Waals surface area contributed by atoms with Gasteiger partial charge in [0, 0.05) is 72.7 Å². The van der Waals surface area contributed by atoms with Gasteiger partial charge in [-0.25, -0.2) is 14.3 Å². The van der Waals surface area contributed by atoms with Crippen LogP contribution in [0.4, 0.5) is 11.4 Å². The van der Waals surface area contributed by atoms with E-state index in [9.17, 15) is 22.6 Å². The second kappa shape index (κ2) is 17.2. The number of anilines is 1. The van der Waals surface area contributed by atoms with Crippen molar-refractivity contribution in [2.75, 3.05) is 43.4 Å². The molecule has 12 heteroatoms. The van der Waals surface area contributed by atoms with Crippen molar-refractivity contribution < 1.29 is 32.0 Å². The van der Waals surface area contributed by atoms with Crippen molar-refractivity contribution in [2.24, 2.45) is 5.90 Å². The first kappa shape index (κ1) is 38.7. The second-order valence-corrected chi connectivity index (χ2v) is 15.2. The van der Waals surface area contributed by atoms with Gasteiger partial charge < -0.3 is 20.1 Å². The lowest BCUT2D eigenvalue weighted by Crippen LogP contribution is -2.36. The summed E-state index contributed by atoms with van der Waals surface area (Å²) >= 11 is 0. The molecule has 0 fully saturated rings. The molecule has 11 nitrogen and oxygen atoms in total. The van der Waals surface area contributed by atoms with Crippen molar-refractivity contribution in [3.63, 3.8) is 0 Å². The Kier molecular flexibility index (Phi) is 13.3. The third kappa shape index (κ3) is 9.78. The van der Waals surface area contributed by atoms with Gasteiger partial charge in [0.15, 0.2) is 5.71 Å². The lowest BCUT2D eigenvalue weighted by molar-refractivity contribution is -0.437. The van der Waals surface area contributed by atoms with Gasteiger partial charge in [0.2, 0.25) is 17.5 Å². The van der Waals surface area contributed by atoms with Crippen molar-refractivity contribution in [1.29, 1.82) is 0 Å². The van der Waals surface area contributed by atoms with Crippen molar-refractivity contribution in [3.8, 4) is 0 Å². The molecule has 0 aromatic heterocycles. The highest BCUT2D eigenvalue weighted by atomic mass is 32.2. The molecule has 0 saturated heterocycles. The smallest absolute Gasteiger partial charge is 0.248 e. The maximum absolute atomic E-state index is 12.2. The summed E-state index contributed by atoms with van der Waals surface area (Å²) in [4.78, 5) is 30.3. The minimum Gasteiger partial charge on any atom is -0.748 e. The predicted octanol–water partition coefficient (Wildman–Crippen LogP) is 4.48. The van der Waals surface area contributed by atoms with E-state index >= 15 is 0 Å². The van der Waals surface area contributed by atoms with Crippen LogP contribution in [0.3, 0.4) is 0 Å². The lowest BCUT2D eigenvalue weighted by atomic mass is 9.81. The highest BCUT2D eigenvalue weighted by Crippen LogP contribution is 2.47. The summed E-state index contributed by atoms with van der Waals surface area (Å²) in [5, 5.41) is 5.44. The molecule has 2 heterocycles. The van der Waals surface area contributed by atoms with Crippen LogP contribution in [0, 0.1) is 0 Å². The van der Waals surface area contributed by atoms with E-state index in [2.05, 4.69) is 101 Å². The number of para-hydroxylation sites is 2. The number of rotatable bonds is 18. The average Bonchev–Trinajstić information content (AvgIpc) is 3.41. The van der Waals surface area contributed by atoms with E-state index in [4.69, 9.17) is 5.90 Å². The molecular formula is C38H51N5O6S. The Morgan fingerprint density at radius 3 is 2.28 bits per heavy atom. The van der Waals surface area contributed by atoms with E-state index in [1.54, 1.807) is 0 Å². The summed E-state index contributed by atoms with van der Waals surface area (Å²) < 4.78 is 36.0. The first-order valence-electron chi connectivity index (χ1n) is 17.2. The van der Waals surface area contributed by atoms with E-state index in [1.807, 2.05) is 30.4 Å². The molecule has 0 unspecified atom stereocenters. The molecular weight excluding hydrogens is 655 g/mol. The number of carbonyl (C=O) groups is 2. The van der Waals surface area contributed by atoms with Gasteiger partial charge in [-0.15, -0.1) is 0 Å². The number of nitrogens with zero attached hydrogens (tertiary/aromatic N) is 2. The number of benzene rings is 2. The number of allylic oxidation sites excluding steroid dienone is 6. The zero-order chi connectivity index (χ0) is 36.4. The Hall–Kier alpha value is -4.10. The first-order valence-corrected chi connectivity index (χ1v) is 18.8. The van der Waals surface area contributed by atoms with Gasteiger partial charge >= 0.3 is 0 Å². The molecule has 2 aromatic carbocycles. The van der Waals surface area contributed by atoms with Crippen LogP contribution in [0.25, 0.3) is 0 Å². The van der Waals surface area contributed by atoms with Gasteiger partial charge in [-0.2, -0.15) is 4.58 Å². The number of fused-ring (bicyclic) bond motifs is 2. The molecule has 2 aliphatic rings. The van der Waals surface area contributed by atoms with Gasteiger partial charge in [0.1, 0.15) is 13.2 Å². The highest BCUT2D eigenvalue weighted by Gasteiger charge is 2.44. The molecule has 2 amide bonds. The molecule has 0 aliphatic carbocycles. The van der Waals surface area contributed by atoms with Crippen LogP contribution in [-0.4, -0.2) is 73.6 Å². The minimum atomic E-state index is -4.28. The minimum absolute atomic E-state index is 0.0395. The van der Waals surface area contributed by atoms with Crippen molar-refractivity contribution in [3.05, 3.63) is 95.7 Å². The summed E-state index contributed by atoms with van der Waals surface area (Å²) in [6, 6.07) is 16.6. The Morgan fingerprint density at radius 1 is 0.880 bits per heavy atom. The number of carbonyl (C=O) groups excluding carboxylic acids is 2. The largest absolute Gasteiger partial charge is 0.748 e. The van der Waals surface area contributed by atoms with Crippen LogP contribution in [0.5, 0.6) is 0 Å². The summed E-state index contributed by atoms with van der Waals surface area (Å²) in [7, 11) is -4.28. The SMILES string of the molecule is CC1(C)C(/C=C/C=C/C=C2\N(CCCCCC(=O)NCCNC(=O)CON)c3ccccc3C2(C)C)=[N+](CCCS(=O)(=O)[O-])c2ccccc21. The van der Waals surface area contributed by atoms with Crippen LogP contribution in [0.1, 0.15) is 70.9 Å². The number of nitrogens with one attached hydrogen (secondary N) is 2. The van der Waals surface area contributed by atoms with Crippen molar-refractivity contribution in [2.45, 2.75) is 70.6 Å². The maximum atomic E-state index is 12.2. The topological polar surface area (TPSA) is 157 Å². The first-order chi connectivity index (χ1) is 23.8. The molecule has 50 heavy (non-hydrogen) atoms. The van der Waals surface area contributed by atoms with Crippen LogP contribution in [-0.2, 0) is 35.4 Å². The molecule has 0 atom stereocenters. The number of hydrogen-bond acceptors (Lipinski definition) is 8. The van der Waals surface area contributed by atoms with Gasteiger partial charge in [0.05, 0.1) is 15.5 Å². The molecule has 4 N–H and O–H groups in total. The second-order valence-electron chi connectivity index (χ2n) is 13.7. The van der Waals surface area contributed by atoms with E-state index in [0.717, 1.165) is 42.8 Å². The average molecular weight is 706 g/mol. The maximum Gasteiger partial charge on any atom is 0.248 e. The number of unbranched alkanes of at least 4 members (excludes halogenated alkanes) is 2. The fourth-order valence-corrected chi connectivity index (χ4v) is 7.35. The molecule has 0 spiro atoms. The van der Waals surface area contributed by atoms with E-state index < -0.39 is 15.9 Å². The standard InChI is InChI=1S/C38H51N5O6S/c1-37(2)29-16-10-12-18-31(29)42(25-14-6-9-22-35(44)40-23-24-41-36(45)28-49-39)33(37)20-7-5-8-21-34-38(3,4)30-17-11-13-19-32(30)43(34)26-15-27-50(46,47)48/h5,7-8,10-13,16-21H,6,9,14-15,22-28,39H2,1-4H3,(H2-,40,41,44,45,46,47,48). The summed E-state index contributed by atoms with van der Waals surface area (Å²) in [6.45, 7) is 10.5. The Balaban J connectivity index is 1.40. The molecule has 4 rings (SSSR count).